The van der Waals surface area contributed by atoms with Crippen molar-refractivity contribution in [1.82, 2.24) is 4.90 Å². The summed E-state index contributed by atoms with van der Waals surface area (Å²) >= 11 is 0. The summed E-state index contributed by atoms with van der Waals surface area (Å²) < 4.78 is 0. The van der Waals surface area contributed by atoms with Gasteiger partial charge in [-0.1, -0.05) is 39.8 Å². The fourth-order valence-corrected chi connectivity index (χ4v) is 2.51. The molecule has 0 atom stereocenters. The quantitative estimate of drug-likeness (QED) is 0.585. The number of Topliss-reactive ketones (excluding diaryl/α,β-unsaturated/α-hetero) is 1. The van der Waals surface area contributed by atoms with E-state index in [1.54, 1.807) is 6.07 Å². The monoisotopic (exact) mass is 290 g/mol. The van der Waals surface area contributed by atoms with E-state index in [0.29, 0.717) is 23.9 Å². The fraction of sp³-hybridized carbons (Fsp3) is 0.611. The molecule has 0 saturated heterocycles. The van der Waals surface area contributed by atoms with Crippen LogP contribution >= 0.6 is 0 Å². The zero-order chi connectivity index (χ0) is 16.0. The maximum absolute atomic E-state index is 12.3. The van der Waals surface area contributed by atoms with Crippen LogP contribution in [0.15, 0.2) is 18.2 Å². The lowest BCUT2D eigenvalue weighted by atomic mass is 10.0. The van der Waals surface area contributed by atoms with Crippen molar-refractivity contribution < 1.29 is 4.79 Å². The van der Waals surface area contributed by atoms with Crippen molar-refractivity contribution in [2.45, 2.75) is 41.0 Å². The Morgan fingerprint density at radius 2 is 1.71 bits per heavy atom. The molecule has 0 heterocycles. The van der Waals surface area contributed by atoms with Crippen LogP contribution in [-0.2, 0) is 0 Å². The second-order valence-electron chi connectivity index (χ2n) is 6.79. The second-order valence-corrected chi connectivity index (χ2v) is 6.79. The number of nitrogens with two attached hydrogens (primary N) is 1. The maximum Gasteiger partial charge on any atom is 0.164 e. The van der Waals surface area contributed by atoms with Crippen LogP contribution in [0.5, 0.6) is 0 Å². The molecule has 0 fully saturated rings. The van der Waals surface area contributed by atoms with Crippen molar-refractivity contribution in [1.29, 1.82) is 0 Å². The summed E-state index contributed by atoms with van der Waals surface area (Å²) in [4.78, 5) is 14.7. The number of anilines is 1. The molecule has 0 aliphatic heterocycles. The number of aryl methyl sites for hydroxylation is 1. The van der Waals surface area contributed by atoms with Crippen LogP contribution in [0.3, 0.4) is 0 Å². The first-order valence-corrected chi connectivity index (χ1v) is 7.91. The Morgan fingerprint density at radius 1 is 1.14 bits per heavy atom. The molecule has 3 heteroatoms. The molecule has 0 bridgehead atoms. The number of nitrogen functional groups attached to an aromatic ring is 1. The van der Waals surface area contributed by atoms with Crippen LogP contribution in [0.1, 0.15) is 50.0 Å². The molecular formula is C18H30N2O. The van der Waals surface area contributed by atoms with Crippen molar-refractivity contribution in [3.8, 4) is 0 Å². The molecule has 3 nitrogen and oxygen atoms in total. The molecule has 0 amide bonds. The number of carbonyl (C=O) groups excluding carboxylic acids is 1. The van der Waals surface area contributed by atoms with Crippen molar-refractivity contribution in [3.63, 3.8) is 0 Å². The van der Waals surface area contributed by atoms with E-state index < -0.39 is 0 Å². The van der Waals surface area contributed by atoms with Gasteiger partial charge in [-0.25, -0.2) is 0 Å². The van der Waals surface area contributed by atoms with E-state index in [9.17, 15) is 4.79 Å². The molecule has 0 aliphatic rings. The molecule has 1 aromatic rings. The first-order valence-electron chi connectivity index (χ1n) is 7.91. The molecule has 0 aliphatic carbocycles. The van der Waals surface area contributed by atoms with Crippen molar-refractivity contribution in [2.75, 3.05) is 25.4 Å². The molecule has 0 unspecified atom stereocenters. The molecule has 0 radical (unpaired) electrons. The number of hydrogen-bond acceptors (Lipinski definition) is 3. The highest BCUT2D eigenvalue weighted by Gasteiger charge is 2.13. The van der Waals surface area contributed by atoms with Gasteiger partial charge in [0.1, 0.15) is 0 Å². The number of benzene rings is 1. The van der Waals surface area contributed by atoms with Gasteiger partial charge in [0.15, 0.2) is 5.78 Å². The highest BCUT2D eigenvalue weighted by Crippen LogP contribution is 2.15. The van der Waals surface area contributed by atoms with E-state index in [1.165, 1.54) is 0 Å². The summed E-state index contributed by atoms with van der Waals surface area (Å²) in [5.74, 6) is 1.42. The Morgan fingerprint density at radius 3 is 2.19 bits per heavy atom. The molecule has 1 rings (SSSR count). The van der Waals surface area contributed by atoms with E-state index >= 15 is 0 Å². The predicted molar refractivity (Wildman–Crippen MR) is 90.7 cm³/mol. The van der Waals surface area contributed by atoms with Crippen LogP contribution < -0.4 is 5.73 Å². The van der Waals surface area contributed by atoms with Crippen molar-refractivity contribution in [2.24, 2.45) is 11.8 Å². The Hall–Kier alpha value is -1.35. The summed E-state index contributed by atoms with van der Waals surface area (Å²) in [6.45, 7) is 13.7. The van der Waals surface area contributed by atoms with Crippen molar-refractivity contribution >= 4 is 11.5 Å². The van der Waals surface area contributed by atoms with Crippen LogP contribution in [0.4, 0.5) is 5.69 Å². The summed E-state index contributed by atoms with van der Waals surface area (Å²) in [6, 6.07) is 5.60. The molecular weight excluding hydrogens is 260 g/mol. The summed E-state index contributed by atoms with van der Waals surface area (Å²) in [5, 5.41) is 0. The van der Waals surface area contributed by atoms with Gasteiger partial charge in [-0.15, -0.1) is 0 Å². The van der Waals surface area contributed by atoms with Gasteiger partial charge in [0.2, 0.25) is 0 Å². The number of ketones is 1. The van der Waals surface area contributed by atoms with Gasteiger partial charge in [0.05, 0.1) is 0 Å². The molecule has 21 heavy (non-hydrogen) atoms. The van der Waals surface area contributed by atoms with Crippen LogP contribution in [0.25, 0.3) is 0 Å². The van der Waals surface area contributed by atoms with Gasteiger partial charge in [0, 0.05) is 37.3 Å². The molecule has 2 N–H and O–H groups in total. The Balaban J connectivity index is 2.61. The highest BCUT2D eigenvalue weighted by atomic mass is 16.1. The van der Waals surface area contributed by atoms with Gasteiger partial charge in [-0.3, -0.25) is 4.79 Å². The SMILES string of the molecule is Cc1ccc(C(=O)CCN(CC(C)C)CC(C)C)cc1N. The lowest BCUT2D eigenvalue weighted by Crippen LogP contribution is -2.33. The summed E-state index contributed by atoms with van der Waals surface area (Å²) in [7, 11) is 0. The normalized spacial score (nSPS) is 11.6. The predicted octanol–water partition coefficient (Wildman–Crippen LogP) is 3.76. The lowest BCUT2D eigenvalue weighted by molar-refractivity contribution is 0.0956. The smallest absolute Gasteiger partial charge is 0.164 e. The third-order valence-electron chi connectivity index (χ3n) is 3.50. The van der Waals surface area contributed by atoms with Crippen LogP contribution in [0, 0.1) is 18.8 Å². The average molecular weight is 290 g/mol. The second kappa shape index (κ2) is 8.18. The van der Waals surface area contributed by atoms with E-state index in [4.69, 9.17) is 5.73 Å². The zero-order valence-corrected chi connectivity index (χ0v) is 14.1. The van der Waals surface area contributed by atoms with E-state index in [0.717, 1.165) is 30.8 Å². The van der Waals surface area contributed by atoms with Gasteiger partial charge in [-0.05, 0) is 30.4 Å². The van der Waals surface area contributed by atoms with E-state index in [1.807, 2.05) is 19.1 Å². The zero-order valence-electron chi connectivity index (χ0n) is 14.1. The lowest BCUT2D eigenvalue weighted by Gasteiger charge is -2.25. The summed E-state index contributed by atoms with van der Waals surface area (Å²) in [5.41, 5.74) is 8.33. The van der Waals surface area contributed by atoms with Crippen LogP contribution in [-0.4, -0.2) is 30.3 Å². The number of carbonyl (C=O) groups is 1. The Bertz CT molecular complexity index is 456. The molecule has 118 valence electrons. The molecule has 0 saturated carbocycles. The average Bonchev–Trinajstić information content (AvgIpc) is 2.37. The minimum atomic E-state index is 0.180. The van der Waals surface area contributed by atoms with Gasteiger partial charge in [0.25, 0.3) is 0 Å². The standard InChI is InChI=1S/C18H30N2O/c1-13(2)11-20(12-14(3)4)9-8-18(21)16-7-6-15(5)17(19)10-16/h6-7,10,13-14H,8-9,11-12,19H2,1-5H3. The number of nitrogens with zero attached hydrogens (tertiary/aromatic N) is 1. The maximum atomic E-state index is 12.3. The fourth-order valence-electron chi connectivity index (χ4n) is 2.51. The van der Waals surface area contributed by atoms with Crippen molar-refractivity contribution in [3.05, 3.63) is 29.3 Å². The van der Waals surface area contributed by atoms with Gasteiger partial charge in [-0.2, -0.15) is 0 Å². The van der Waals surface area contributed by atoms with Crippen LogP contribution in [0.2, 0.25) is 0 Å². The molecule has 0 aromatic heterocycles. The van der Waals surface area contributed by atoms with Gasteiger partial charge >= 0.3 is 0 Å². The highest BCUT2D eigenvalue weighted by molar-refractivity contribution is 5.97. The van der Waals surface area contributed by atoms with E-state index in [-0.39, 0.29) is 5.78 Å². The Labute approximate surface area is 129 Å². The molecule has 0 spiro atoms. The van der Waals surface area contributed by atoms with Gasteiger partial charge < -0.3 is 10.6 Å². The molecule has 1 aromatic carbocycles. The third-order valence-corrected chi connectivity index (χ3v) is 3.50. The topological polar surface area (TPSA) is 46.3 Å². The van der Waals surface area contributed by atoms with E-state index in [2.05, 4.69) is 32.6 Å². The number of hydrogen-bond donors (Lipinski definition) is 1. The Kier molecular flexibility index (Phi) is 6.90. The number of rotatable bonds is 8. The first-order chi connectivity index (χ1) is 9.79. The summed E-state index contributed by atoms with van der Waals surface area (Å²) in [6.07, 6.45) is 0.557. The first kappa shape index (κ1) is 17.7. The largest absolute Gasteiger partial charge is 0.398 e. The minimum absolute atomic E-state index is 0.180. The third kappa shape index (κ3) is 6.30. The minimum Gasteiger partial charge on any atom is -0.398 e.